The maximum Gasteiger partial charge on any atom is 0.303 e. The van der Waals surface area contributed by atoms with Crippen molar-refractivity contribution in [3.63, 3.8) is 0 Å². The van der Waals surface area contributed by atoms with Crippen LogP contribution >= 0.6 is 0 Å². The van der Waals surface area contributed by atoms with Crippen LogP contribution in [0.5, 0.6) is 0 Å². The molecule has 0 aliphatic heterocycles. The molecule has 0 aromatic carbocycles. The number of carboxylic acids is 1. The Balaban J connectivity index is 3.70. The molecule has 0 unspecified atom stereocenters. The molecule has 0 bridgehead atoms. The Morgan fingerprint density at radius 1 is 0.833 bits per heavy atom. The average molecular weight is 338 g/mol. The first kappa shape index (κ1) is 22.6. The van der Waals surface area contributed by atoms with Crippen LogP contribution in [-0.4, -0.2) is 33.5 Å². The Labute approximate surface area is 146 Å². The highest BCUT2D eigenvalue weighted by atomic mass is 16.4. The molecule has 3 N–H and O–H groups in total. The van der Waals surface area contributed by atoms with E-state index in [-0.39, 0.29) is 6.42 Å². The molecule has 4 heteroatoms. The summed E-state index contributed by atoms with van der Waals surface area (Å²) in [4.78, 5) is 10.3. The van der Waals surface area contributed by atoms with E-state index in [9.17, 15) is 15.0 Å². The molecule has 0 aliphatic carbocycles. The van der Waals surface area contributed by atoms with Crippen LogP contribution in [0.25, 0.3) is 0 Å². The largest absolute Gasteiger partial charge is 0.481 e. The first-order chi connectivity index (χ1) is 11.6. The maximum absolute atomic E-state index is 10.3. The summed E-state index contributed by atoms with van der Waals surface area (Å²) in [5.41, 5.74) is 0. The van der Waals surface area contributed by atoms with Crippen molar-refractivity contribution >= 4 is 5.97 Å². The van der Waals surface area contributed by atoms with Crippen LogP contribution in [-0.2, 0) is 4.79 Å². The predicted molar refractivity (Wildman–Crippen MR) is 98.9 cm³/mol. The zero-order chi connectivity index (χ0) is 18.0. The van der Waals surface area contributed by atoms with Crippen molar-refractivity contribution in [2.24, 2.45) is 0 Å². The highest BCUT2D eigenvalue weighted by Crippen LogP contribution is 2.07. The number of carboxylic acid groups (broad SMARTS) is 1. The zero-order valence-electron chi connectivity index (χ0n) is 14.9. The number of aliphatic hydroxyl groups is 2. The summed E-state index contributed by atoms with van der Waals surface area (Å²) in [5, 5.41) is 28.2. The normalized spacial score (nSPS) is 14.8. The van der Waals surface area contributed by atoms with Crippen molar-refractivity contribution in [1.29, 1.82) is 0 Å². The third-order valence-electron chi connectivity index (χ3n) is 3.71. The fraction of sp³-hybridized carbons (Fsp3) is 0.650. The van der Waals surface area contributed by atoms with E-state index in [1.807, 2.05) is 18.2 Å². The first-order valence-corrected chi connectivity index (χ1v) is 9.10. The summed E-state index contributed by atoms with van der Waals surface area (Å²) in [5.74, 6) is -0.790. The summed E-state index contributed by atoms with van der Waals surface area (Å²) >= 11 is 0. The Bertz CT molecular complexity index is 385. The van der Waals surface area contributed by atoms with Gasteiger partial charge in [-0.2, -0.15) is 0 Å². The van der Waals surface area contributed by atoms with E-state index in [4.69, 9.17) is 5.11 Å². The fourth-order valence-corrected chi connectivity index (χ4v) is 2.18. The van der Waals surface area contributed by atoms with Gasteiger partial charge < -0.3 is 15.3 Å². The minimum absolute atomic E-state index is 0.160. The van der Waals surface area contributed by atoms with Gasteiger partial charge in [-0.15, -0.1) is 0 Å². The van der Waals surface area contributed by atoms with E-state index in [1.54, 1.807) is 6.08 Å². The minimum Gasteiger partial charge on any atom is -0.481 e. The summed E-state index contributed by atoms with van der Waals surface area (Å²) in [7, 11) is 0. The van der Waals surface area contributed by atoms with Crippen LogP contribution in [0.4, 0.5) is 0 Å². The van der Waals surface area contributed by atoms with Crippen LogP contribution in [0, 0.1) is 0 Å². The number of unbranched alkanes of at least 4 members (excludes halogenated alkanes) is 4. The van der Waals surface area contributed by atoms with Gasteiger partial charge in [0.25, 0.3) is 0 Å². The number of aliphatic carboxylic acids is 1. The molecule has 0 heterocycles. The molecule has 24 heavy (non-hydrogen) atoms. The molecule has 0 spiro atoms. The molecular weight excluding hydrogens is 304 g/mol. The van der Waals surface area contributed by atoms with E-state index in [1.165, 1.54) is 19.3 Å². The van der Waals surface area contributed by atoms with Crippen molar-refractivity contribution in [3.05, 3.63) is 36.5 Å². The molecule has 0 rings (SSSR count). The van der Waals surface area contributed by atoms with Gasteiger partial charge in [0, 0.05) is 6.42 Å². The number of carbonyl (C=O) groups is 1. The second kappa shape index (κ2) is 16.5. The Morgan fingerprint density at radius 3 is 2.00 bits per heavy atom. The number of hydrogen-bond donors (Lipinski definition) is 3. The third kappa shape index (κ3) is 15.5. The summed E-state index contributed by atoms with van der Waals surface area (Å²) in [6.45, 7) is 2.20. The molecule has 0 saturated heterocycles. The van der Waals surface area contributed by atoms with Crippen LogP contribution < -0.4 is 0 Å². The van der Waals surface area contributed by atoms with Crippen molar-refractivity contribution in [2.75, 3.05) is 0 Å². The molecule has 0 aliphatic rings. The lowest BCUT2D eigenvalue weighted by Gasteiger charge is -2.14. The number of allylic oxidation sites excluding steroid dienone is 4. The van der Waals surface area contributed by atoms with Crippen LogP contribution in [0.1, 0.15) is 71.1 Å². The Hall–Kier alpha value is -1.39. The third-order valence-corrected chi connectivity index (χ3v) is 3.71. The number of rotatable bonds is 15. The molecule has 4 nitrogen and oxygen atoms in total. The highest BCUT2D eigenvalue weighted by molar-refractivity contribution is 5.66. The second-order valence-corrected chi connectivity index (χ2v) is 6.04. The van der Waals surface area contributed by atoms with Gasteiger partial charge in [-0.3, -0.25) is 4.79 Å². The SMILES string of the molecule is CCCCC/C=C\C/C=C\C[C@H](O)[C@@H](O)C/C=C\CCCC(=O)O. The van der Waals surface area contributed by atoms with Gasteiger partial charge in [0.05, 0.1) is 12.2 Å². The topological polar surface area (TPSA) is 77.8 Å². The van der Waals surface area contributed by atoms with Crippen LogP contribution in [0.2, 0.25) is 0 Å². The van der Waals surface area contributed by atoms with Gasteiger partial charge >= 0.3 is 5.97 Å². The van der Waals surface area contributed by atoms with Crippen LogP contribution in [0.3, 0.4) is 0 Å². The molecular formula is C20H34O4. The summed E-state index contributed by atoms with van der Waals surface area (Å²) in [6.07, 6.45) is 18.4. The van der Waals surface area contributed by atoms with Crippen LogP contribution in [0.15, 0.2) is 36.5 Å². The lowest BCUT2D eigenvalue weighted by atomic mass is 10.1. The zero-order valence-corrected chi connectivity index (χ0v) is 14.9. The Morgan fingerprint density at radius 2 is 1.38 bits per heavy atom. The lowest BCUT2D eigenvalue weighted by molar-refractivity contribution is -0.137. The van der Waals surface area contributed by atoms with E-state index >= 15 is 0 Å². The van der Waals surface area contributed by atoms with Crippen molar-refractivity contribution in [3.8, 4) is 0 Å². The van der Waals surface area contributed by atoms with Gasteiger partial charge in [-0.1, -0.05) is 56.2 Å². The first-order valence-electron chi connectivity index (χ1n) is 9.10. The van der Waals surface area contributed by atoms with E-state index in [2.05, 4.69) is 19.1 Å². The monoisotopic (exact) mass is 338 g/mol. The molecule has 0 saturated carbocycles. The van der Waals surface area contributed by atoms with E-state index in [0.717, 1.165) is 12.8 Å². The van der Waals surface area contributed by atoms with Crippen molar-refractivity contribution in [2.45, 2.75) is 83.3 Å². The minimum atomic E-state index is -0.790. The van der Waals surface area contributed by atoms with Gasteiger partial charge in [-0.25, -0.2) is 0 Å². The summed E-state index contributed by atoms with van der Waals surface area (Å²) in [6, 6.07) is 0. The number of hydrogen-bond acceptors (Lipinski definition) is 3. The molecule has 138 valence electrons. The van der Waals surface area contributed by atoms with Gasteiger partial charge in [0.15, 0.2) is 0 Å². The standard InChI is InChI=1S/C20H34O4/c1-2-3-4-5-6-7-8-9-12-15-18(21)19(22)16-13-10-11-14-17-20(23)24/h6-7,9-10,12-13,18-19,21-22H,2-5,8,11,14-17H2,1H3,(H,23,24)/b7-6-,12-9-,13-10-/t18-,19-/m0/s1. The highest BCUT2D eigenvalue weighted by Gasteiger charge is 2.12. The van der Waals surface area contributed by atoms with E-state index < -0.39 is 18.2 Å². The quantitative estimate of drug-likeness (QED) is 0.306. The second-order valence-electron chi connectivity index (χ2n) is 6.04. The predicted octanol–water partition coefficient (Wildman–Crippen LogP) is 4.38. The van der Waals surface area contributed by atoms with Gasteiger partial charge in [-0.05, 0) is 44.9 Å². The average Bonchev–Trinajstić information content (AvgIpc) is 2.55. The molecule has 0 fully saturated rings. The number of aliphatic hydroxyl groups excluding tert-OH is 2. The molecule has 0 aromatic rings. The lowest BCUT2D eigenvalue weighted by Crippen LogP contribution is -2.24. The molecule has 0 radical (unpaired) electrons. The Kier molecular flexibility index (Phi) is 15.5. The van der Waals surface area contributed by atoms with Gasteiger partial charge in [0.1, 0.15) is 0 Å². The molecule has 0 aromatic heterocycles. The molecule has 2 atom stereocenters. The fourth-order valence-electron chi connectivity index (χ4n) is 2.18. The summed E-state index contributed by atoms with van der Waals surface area (Å²) < 4.78 is 0. The smallest absolute Gasteiger partial charge is 0.303 e. The van der Waals surface area contributed by atoms with Crippen molar-refractivity contribution < 1.29 is 20.1 Å². The molecule has 0 amide bonds. The van der Waals surface area contributed by atoms with Crippen molar-refractivity contribution in [1.82, 2.24) is 0 Å². The van der Waals surface area contributed by atoms with Gasteiger partial charge in [0.2, 0.25) is 0 Å². The van der Waals surface area contributed by atoms with E-state index in [0.29, 0.717) is 25.7 Å². The maximum atomic E-state index is 10.3.